The fourth-order valence-electron chi connectivity index (χ4n) is 5.30. The van der Waals surface area contributed by atoms with E-state index < -0.39 is 17.8 Å². The van der Waals surface area contributed by atoms with Gasteiger partial charge in [-0.1, -0.05) is 48.5 Å². The van der Waals surface area contributed by atoms with Crippen molar-refractivity contribution in [3.8, 4) is 16.9 Å². The number of imidazole rings is 1. The van der Waals surface area contributed by atoms with Crippen LogP contribution in [0.2, 0.25) is 0 Å². The summed E-state index contributed by atoms with van der Waals surface area (Å²) in [4.78, 5) is 29.2. The van der Waals surface area contributed by atoms with Gasteiger partial charge in [-0.3, -0.25) is 0 Å². The summed E-state index contributed by atoms with van der Waals surface area (Å²) >= 11 is 0. The fourth-order valence-corrected chi connectivity index (χ4v) is 5.30. The second-order valence-corrected chi connectivity index (χ2v) is 11.2. The van der Waals surface area contributed by atoms with Gasteiger partial charge in [0, 0.05) is 25.1 Å². The number of hydrogen-bond acceptors (Lipinski definition) is 6. The minimum absolute atomic E-state index is 0.00915. The lowest BCUT2D eigenvalue weighted by Crippen LogP contribution is -2.33. The molecule has 0 saturated carbocycles. The van der Waals surface area contributed by atoms with E-state index in [-0.39, 0.29) is 19.1 Å². The molecule has 0 fully saturated rings. The predicted octanol–water partition coefficient (Wildman–Crippen LogP) is 6.39. The van der Waals surface area contributed by atoms with Crippen LogP contribution < -0.4 is 15.4 Å². The number of nitrogens with one attached hydrogen (secondary N) is 2. The highest BCUT2D eigenvalue weighted by atomic mass is 16.6. The van der Waals surface area contributed by atoms with E-state index in [1.54, 1.807) is 0 Å². The molecule has 2 amide bonds. The Kier molecular flexibility index (Phi) is 8.66. The van der Waals surface area contributed by atoms with Crippen LogP contribution in [0, 0.1) is 0 Å². The quantitative estimate of drug-likeness (QED) is 0.214. The molecule has 0 atom stereocenters. The number of carbonyl (C=O) groups is 2. The van der Waals surface area contributed by atoms with Crippen molar-refractivity contribution in [3.05, 3.63) is 83.7 Å². The molecule has 3 aromatic carbocycles. The van der Waals surface area contributed by atoms with Gasteiger partial charge in [-0.05, 0) is 68.5 Å². The standard InChI is InChI=1S/C33H38N4O5/c1-5-37-29-19-22(40-18-10-17-34-32(39)42-33(2,3)4)15-16-28(29)36-30(37)20-35-31(38)41-21-27-25-13-8-6-11-23(25)24-12-7-9-14-26(24)27/h6-9,11-16,19,27H,5,10,17-18,20-21H2,1-4H3,(H,34,39)(H,35,38). The van der Waals surface area contributed by atoms with E-state index in [1.165, 1.54) is 22.3 Å². The molecular formula is C33H38N4O5. The van der Waals surface area contributed by atoms with Crippen LogP contribution in [0.3, 0.4) is 0 Å². The molecule has 0 spiro atoms. The fraction of sp³-hybridized carbons (Fsp3) is 0.364. The van der Waals surface area contributed by atoms with Gasteiger partial charge in [-0.25, -0.2) is 14.6 Å². The van der Waals surface area contributed by atoms with Crippen LogP contribution in [-0.4, -0.2) is 47.1 Å². The summed E-state index contributed by atoms with van der Waals surface area (Å²) in [7, 11) is 0. The molecule has 1 aliphatic rings. The Morgan fingerprint density at radius 2 is 1.62 bits per heavy atom. The Morgan fingerprint density at radius 1 is 0.929 bits per heavy atom. The number of benzene rings is 3. The van der Waals surface area contributed by atoms with E-state index in [1.807, 2.05) is 70.2 Å². The molecule has 2 N–H and O–H groups in total. The third-order valence-electron chi connectivity index (χ3n) is 7.11. The monoisotopic (exact) mass is 570 g/mol. The van der Waals surface area contributed by atoms with Gasteiger partial charge in [-0.15, -0.1) is 0 Å². The number of ether oxygens (including phenoxy) is 3. The van der Waals surface area contributed by atoms with Crippen molar-refractivity contribution in [3.63, 3.8) is 0 Å². The first-order valence-electron chi connectivity index (χ1n) is 14.4. The van der Waals surface area contributed by atoms with Crippen LogP contribution in [0.1, 0.15) is 57.0 Å². The highest BCUT2D eigenvalue weighted by molar-refractivity contribution is 5.79. The molecule has 1 heterocycles. The first-order valence-corrected chi connectivity index (χ1v) is 14.4. The van der Waals surface area contributed by atoms with Gasteiger partial charge in [0.2, 0.25) is 0 Å². The maximum atomic E-state index is 12.7. The molecule has 0 saturated heterocycles. The Labute approximate surface area is 246 Å². The summed E-state index contributed by atoms with van der Waals surface area (Å²) in [5, 5.41) is 5.61. The van der Waals surface area contributed by atoms with Crippen LogP contribution in [0.4, 0.5) is 9.59 Å². The summed E-state index contributed by atoms with van der Waals surface area (Å²) in [6, 6.07) is 22.3. The van der Waals surface area contributed by atoms with Crippen LogP contribution in [-0.2, 0) is 22.6 Å². The Bertz CT molecular complexity index is 1530. The van der Waals surface area contributed by atoms with E-state index >= 15 is 0 Å². The molecule has 0 bridgehead atoms. The number of hydrogen-bond donors (Lipinski definition) is 2. The summed E-state index contributed by atoms with van der Waals surface area (Å²) in [5.41, 5.74) is 5.96. The Hall–Kier alpha value is -4.53. The number of alkyl carbamates (subject to hydrolysis) is 2. The summed E-state index contributed by atoms with van der Waals surface area (Å²) in [6.07, 6.45) is -0.273. The third-order valence-corrected chi connectivity index (χ3v) is 7.11. The van der Waals surface area contributed by atoms with Crippen molar-refractivity contribution in [1.82, 2.24) is 20.2 Å². The molecule has 220 valence electrons. The molecule has 9 nitrogen and oxygen atoms in total. The lowest BCUT2D eigenvalue weighted by atomic mass is 9.98. The topological polar surface area (TPSA) is 104 Å². The molecule has 4 aromatic rings. The number of carbonyl (C=O) groups excluding carboxylic acids is 2. The van der Waals surface area contributed by atoms with Gasteiger partial charge >= 0.3 is 12.2 Å². The van der Waals surface area contributed by atoms with Gasteiger partial charge < -0.3 is 29.4 Å². The third kappa shape index (κ3) is 6.67. The lowest BCUT2D eigenvalue weighted by molar-refractivity contribution is 0.0525. The van der Waals surface area contributed by atoms with Gasteiger partial charge in [-0.2, -0.15) is 0 Å². The van der Waals surface area contributed by atoms with E-state index in [9.17, 15) is 9.59 Å². The van der Waals surface area contributed by atoms with Crippen molar-refractivity contribution in [1.29, 1.82) is 0 Å². The number of amides is 2. The summed E-state index contributed by atoms with van der Waals surface area (Å²) in [5.74, 6) is 1.46. The van der Waals surface area contributed by atoms with Crippen molar-refractivity contribution in [2.45, 2.75) is 58.7 Å². The molecule has 1 aliphatic carbocycles. The SMILES string of the molecule is CCn1c(CNC(=O)OCC2c3ccccc3-c3ccccc32)nc2ccc(OCCCNC(=O)OC(C)(C)C)cc21. The van der Waals surface area contributed by atoms with E-state index in [0.29, 0.717) is 31.9 Å². The van der Waals surface area contributed by atoms with Crippen LogP contribution >= 0.6 is 0 Å². The first-order chi connectivity index (χ1) is 20.2. The molecule has 9 heteroatoms. The maximum absolute atomic E-state index is 12.7. The average molecular weight is 571 g/mol. The average Bonchev–Trinajstić information content (AvgIpc) is 3.48. The first kappa shape index (κ1) is 29.0. The Morgan fingerprint density at radius 3 is 2.29 bits per heavy atom. The van der Waals surface area contributed by atoms with Crippen molar-refractivity contribution in [2.24, 2.45) is 0 Å². The minimum Gasteiger partial charge on any atom is -0.493 e. The number of aryl methyl sites for hydroxylation is 1. The molecule has 0 unspecified atom stereocenters. The molecule has 1 aromatic heterocycles. The number of fused-ring (bicyclic) bond motifs is 4. The summed E-state index contributed by atoms with van der Waals surface area (Å²) < 4.78 is 18.9. The van der Waals surface area contributed by atoms with Crippen molar-refractivity contribution < 1.29 is 23.8 Å². The lowest BCUT2D eigenvalue weighted by Gasteiger charge is -2.19. The van der Waals surface area contributed by atoms with E-state index in [2.05, 4.69) is 39.5 Å². The van der Waals surface area contributed by atoms with E-state index in [4.69, 9.17) is 19.2 Å². The molecule has 0 radical (unpaired) electrons. The van der Waals surface area contributed by atoms with Crippen molar-refractivity contribution in [2.75, 3.05) is 19.8 Å². The van der Waals surface area contributed by atoms with Crippen LogP contribution in [0.25, 0.3) is 22.2 Å². The second-order valence-electron chi connectivity index (χ2n) is 11.2. The van der Waals surface area contributed by atoms with Gasteiger partial charge in [0.25, 0.3) is 0 Å². The smallest absolute Gasteiger partial charge is 0.407 e. The van der Waals surface area contributed by atoms with Gasteiger partial charge in [0.1, 0.15) is 23.8 Å². The van der Waals surface area contributed by atoms with Gasteiger partial charge in [0.15, 0.2) is 0 Å². The van der Waals surface area contributed by atoms with Crippen molar-refractivity contribution >= 4 is 23.2 Å². The predicted molar refractivity (Wildman–Crippen MR) is 162 cm³/mol. The maximum Gasteiger partial charge on any atom is 0.407 e. The number of nitrogens with zero attached hydrogens (tertiary/aromatic N) is 2. The normalized spacial score (nSPS) is 12.5. The summed E-state index contributed by atoms with van der Waals surface area (Å²) in [6.45, 7) is 9.60. The number of rotatable bonds is 10. The van der Waals surface area contributed by atoms with E-state index in [0.717, 1.165) is 16.9 Å². The highest BCUT2D eigenvalue weighted by Crippen LogP contribution is 2.44. The Balaban J connectivity index is 1.14. The molecule has 42 heavy (non-hydrogen) atoms. The molecular weight excluding hydrogens is 532 g/mol. The minimum atomic E-state index is -0.526. The van der Waals surface area contributed by atoms with Crippen LogP contribution in [0.15, 0.2) is 66.7 Å². The zero-order chi connectivity index (χ0) is 29.7. The second kappa shape index (κ2) is 12.5. The molecule has 0 aliphatic heterocycles. The molecule has 5 rings (SSSR count). The van der Waals surface area contributed by atoms with Gasteiger partial charge in [0.05, 0.1) is 24.2 Å². The highest BCUT2D eigenvalue weighted by Gasteiger charge is 2.29. The zero-order valence-electron chi connectivity index (χ0n) is 24.6. The number of aromatic nitrogens is 2. The zero-order valence-corrected chi connectivity index (χ0v) is 24.6. The largest absolute Gasteiger partial charge is 0.493 e. The van der Waals surface area contributed by atoms with Crippen LogP contribution in [0.5, 0.6) is 5.75 Å².